The van der Waals surface area contributed by atoms with Crippen molar-refractivity contribution in [3.05, 3.63) is 17.5 Å². The summed E-state index contributed by atoms with van der Waals surface area (Å²) in [6.45, 7) is 2.72. The van der Waals surface area contributed by atoms with Gasteiger partial charge in [0.15, 0.2) is 5.76 Å². The number of amides is 2. The summed E-state index contributed by atoms with van der Waals surface area (Å²) in [5.74, 6) is 0.818. The molecule has 2 fully saturated rings. The monoisotopic (exact) mass is 277 g/mol. The SMILES string of the molecule is Cc1cc([C@@H]2CCCN2C(=O)NC2CCCCC2)on1. The van der Waals surface area contributed by atoms with Crippen LogP contribution in [0.4, 0.5) is 4.79 Å². The highest BCUT2D eigenvalue weighted by atomic mass is 16.5. The molecule has 5 nitrogen and oxygen atoms in total. The molecule has 1 N–H and O–H groups in total. The lowest BCUT2D eigenvalue weighted by atomic mass is 9.96. The van der Waals surface area contributed by atoms with Crippen LogP contribution in [0.5, 0.6) is 0 Å². The molecule has 20 heavy (non-hydrogen) atoms. The van der Waals surface area contributed by atoms with E-state index in [-0.39, 0.29) is 12.1 Å². The van der Waals surface area contributed by atoms with Crippen molar-refractivity contribution in [2.45, 2.75) is 64.0 Å². The van der Waals surface area contributed by atoms with Gasteiger partial charge in [0, 0.05) is 18.7 Å². The number of carbonyl (C=O) groups excluding carboxylic acids is 1. The molecule has 1 saturated carbocycles. The van der Waals surface area contributed by atoms with Crippen molar-refractivity contribution in [3.63, 3.8) is 0 Å². The molecule has 0 unspecified atom stereocenters. The van der Waals surface area contributed by atoms with Gasteiger partial charge in [-0.05, 0) is 32.6 Å². The molecule has 0 aromatic carbocycles. The van der Waals surface area contributed by atoms with Crippen molar-refractivity contribution in [2.75, 3.05) is 6.54 Å². The highest BCUT2D eigenvalue weighted by Crippen LogP contribution is 2.32. The molecule has 2 amide bonds. The average Bonchev–Trinajstić information content (AvgIpc) is 3.08. The van der Waals surface area contributed by atoms with Crippen LogP contribution in [0, 0.1) is 6.92 Å². The second-order valence-electron chi connectivity index (χ2n) is 6.01. The maximum atomic E-state index is 12.5. The van der Waals surface area contributed by atoms with E-state index in [2.05, 4.69) is 10.5 Å². The molecule has 5 heteroatoms. The van der Waals surface area contributed by atoms with E-state index in [9.17, 15) is 4.79 Å². The molecule has 0 bridgehead atoms. The van der Waals surface area contributed by atoms with Gasteiger partial charge in [-0.1, -0.05) is 24.4 Å². The summed E-state index contributed by atoms with van der Waals surface area (Å²) < 4.78 is 5.35. The first-order chi connectivity index (χ1) is 9.74. The highest BCUT2D eigenvalue weighted by Gasteiger charge is 2.33. The molecule has 1 aromatic heterocycles. The van der Waals surface area contributed by atoms with E-state index < -0.39 is 0 Å². The minimum Gasteiger partial charge on any atom is -0.359 e. The number of nitrogens with one attached hydrogen (secondary N) is 1. The molecule has 110 valence electrons. The third-order valence-electron chi connectivity index (χ3n) is 4.42. The van der Waals surface area contributed by atoms with E-state index >= 15 is 0 Å². The van der Waals surface area contributed by atoms with Crippen molar-refractivity contribution < 1.29 is 9.32 Å². The number of carbonyl (C=O) groups is 1. The predicted molar refractivity (Wildman–Crippen MR) is 75.3 cm³/mol. The molecule has 0 radical (unpaired) electrons. The molecule has 2 heterocycles. The van der Waals surface area contributed by atoms with Crippen molar-refractivity contribution in [2.24, 2.45) is 0 Å². The average molecular weight is 277 g/mol. The number of aromatic nitrogens is 1. The zero-order chi connectivity index (χ0) is 13.9. The fourth-order valence-corrected chi connectivity index (χ4v) is 3.35. The maximum absolute atomic E-state index is 12.5. The van der Waals surface area contributed by atoms with Gasteiger partial charge in [0.1, 0.15) is 0 Å². The Balaban J connectivity index is 1.63. The molecule has 1 aliphatic heterocycles. The third kappa shape index (κ3) is 2.81. The molecular formula is C15H23N3O2. The third-order valence-corrected chi connectivity index (χ3v) is 4.42. The van der Waals surface area contributed by atoms with Gasteiger partial charge in [0.05, 0.1) is 11.7 Å². The fourth-order valence-electron chi connectivity index (χ4n) is 3.35. The standard InChI is InChI=1S/C15H23N3O2/c1-11-10-14(20-17-11)13-8-5-9-18(13)15(19)16-12-6-3-2-4-7-12/h10,12-13H,2-9H2,1H3,(H,16,19)/t13-/m0/s1. The lowest BCUT2D eigenvalue weighted by Crippen LogP contribution is -2.45. The first-order valence-electron chi connectivity index (χ1n) is 7.74. The lowest BCUT2D eigenvalue weighted by molar-refractivity contribution is 0.175. The maximum Gasteiger partial charge on any atom is 0.318 e. The number of hydrogen-bond donors (Lipinski definition) is 1. The Hall–Kier alpha value is -1.52. The predicted octanol–water partition coefficient (Wildman–Crippen LogP) is 3.16. The van der Waals surface area contributed by atoms with Gasteiger partial charge in [-0.25, -0.2) is 4.79 Å². The van der Waals surface area contributed by atoms with Crippen molar-refractivity contribution in [1.29, 1.82) is 0 Å². The Kier molecular flexibility index (Phi) is 3.94. The van der Waals surface area contributed by atoms with E-state index in [4.69, 9.17) is 4.52 Å². The fraction of sp³-hybridized carbons (Fsp3) is 0.733. The molecule has 1 aromatic rings. The smallest absolute Gasteiger partial charge is 0.318 e. The van der Waals surface area contributed by atoms with E-state index in [1.54, 1.807) is 0 Å². The van der Waals surface area contributed by atoms with E-state index in [1.807, 2.05) is 17.9 Å². The van der Waals surface area contributed by atoms with Crippen LogP contribution >= 0.6 is 0 Å². The van der Waals surface area contributed by atoms with Crippen LogP contribution in [0.15, 0.2) is 10.6 Å². The quantitative estimate of drug-likeness (QED) is 0.903. The summed E-state index contributed by atoms with van der Waals surface area (Å²) in [7, 11) is 0. The summed E-state index contributed by atoms with van der Waals surface area (Å²) in [5, 5.41) is 7.13. The van der Waals surface area contributed by atoms with Crippen LogP contribution in [0.2, 0.25) is 0 Å². The summed E-state index contributed by atoms with van der Waals surface area (Å²) in [6, 6.07) is 2.42. The molecule has 1 saturated heterocycles. The normalized spacial score (nSPS) is 24.1. The number of rotatable bonds is 2. The molecule has 2 aliphatic rings. The van der Waals surface area contributed by atoms with Crippen molar-refractivity contribution in [1.82, 2.24) is 15.4 Å². The molecule has 1 atom stereocenters. The van der Waals surface area contributed by atoms with Gasteiger partial charge in [0.25, 0.3) is 0 Å². The van der Waals surface area contributed by atoms with Crippen LogP contribution < -0.4 is 5.32 Å². The second-order valence-corrected chi connectivity index (χ2v) is 6.01. The van der Waals surface area contributed by atoms with Gasteiger partial charge < -0.3 is 14.7 Å². The van der Waals surface area contributed by atoms with Gasteiger partial charge in [-0.15, -0.1) is 0 Å². The van der Waals surface area contributed by atoms with Gasteiger partial charge in [-0.2, -0.15) is 0 Å². The van der Waals surface area contributed by atoms with Gasteiger partial charge >= 0.3 is 6.03 Å². The van der Waals surface area contributed by atoms with Gasteiger partial charge in [0.2, 0.25) is 0 Å². The van der Waals surface area contributed by atoms with Crippen LogP contribution in [0.25, 0.3) is 0 Å². The topological polar surface area (TPSA) is 58.4 Å². The number of nitrogens with zero attached hydrogens (tertiary/aromatic N) is 2. The first-order valence-corrected chi connectivity index (χ1v) is 7.74. The summed E-state index contributed by atoms with van der Waals surface area (Å²) in [6.07, 6.45) is 7.99. The van der Waals surface area contributed by atoms with E-state index in [0.29, 0.717) is 6.04 Å². The van der Waals surface area contributed by atoms with Crippen LogP contribution in [-0.4, -0.2) is 28.7 Å². The summed E-state index contributed by atoms with van der Waals surface area (Å²) in [5.41, 5.74) is 0.875. The zero-order valence-electron chi connectivity index (χ0n) is 12.1. The van der Waals surface area contributed by atoms with Gasteiger partial charge in [-0.3, -0.25) is 0 Å². The Morgan fingerprint density at radius 2 is 2.10 bits per heavy atom. The minimum atomic E-state index is 0.0554. The Morgan fingerprint density at radius 1 is 1.30 bits per heavy atom. The van der Waals surface area contributed by atoms with Crippen molar-refractivity contribution >= 4 is 6.03 Å². The first kappa shape index (κ1) is 13.5. The Bertz CT molecular complexity index is 465. The number of urea groups is 1. The minimum absolute atomic E-state index is 0.0554. The number of hydrogen-bond acceptors (Lipinski definition) is 3. The van der Waals surface area contributed by atoms with E-state index in [0.717, 1.165) is 43.7 Å². The van der Waals surface area contributed by atoms with Crippen LogP contribution in [0.3, 0.4) is 0 Å². The molecule has 1 aliphatic carbocycles. The summed E-state index contributed by atoms with van der Waals surface area (Å²) in [4.78, 5) is 14.4. The molecular weight excluding hydrogens is 254 g/mol. The largest absolute Gasteiger partial charge is 0.359 e. The molecule has 3 rings (SSSR count). The van der Waals surface area contributed by atoms with Crippen molar-refractivity contribution in [3.8, 4) is 0 Å². The van der Waals surface area contributed by atoms with Crippen LogP contribution in [0.1, 0.15) is 62.4 Å². The summed E-state index contributed by atoms with van der Waals surface area (Å²) >= 11 is 0. The zero-order valence-corrected chi connectivity index (χ0v) is 12.1. The van der Waals surface area contributed by atoms with E-state index in [1.165, 1.54) is 19.3 Å². The lowest BCUT2D eigenvalue weighted by Gasteiger charge is -2.28. The number of aryl methyl sites for hydroxylation is 1. The Morgan fingerprint density at radius 3 is 2.80 bits per heavy atom. The highest BCUT2D eigenvalue weighted by molar-refractivity contribution is 5.75. The number of likely N-dealkylation sites (tertiary alicyclic amines) is 1. The second kappa shape index (κ2) is 5.85. The van der Waals surface area contributed by atoms with Crippen LogP contribution in [-0.2, 0) is 0 Å². The molecule has 0 spiro atoms. The Labute approximate surface area is 119 Å².